The summed E-state index contributed by atoms with van der Waals surface area (Å²) in [6.07, 6.45) is -4.89. The molecule has 0 bridgehead atoms. The summed E-state index contributed by atoms with van der Waals surface area (Å²) in [5, 5.41) is 20.2. The molecule has 0 saturated carbocycles. The second-order valence-electron chi connectivity index (χ2n) is 7.73. The predicted octanol–water partition coefficient (Wildman–Crippen LogP) is -2.61. The zero-order chi connectivity index (χ0) is 23.6. The number of hydrogen-bond acceptors (Lipinski definition) is 12. The Labute approximate surface area is 205 Å². The Morgan fingerprint density at radius 1 is 1.28 bits per heavy atom. The van der Waals surface area contributed by atoms with Crippen molar-refractivity contribution in [1.29, 1.82) is 0 Å². The van der Waals surface area contributed by atoms with Crippen LogP contribution in [0.25, 0.3) is 0 Å². The minimum atomic E-state index is -5.18. The molecule has 1 aromatic heterocycles. The summed E-state index contributed by atoms with van der Waals surface area (Å²) < 4.78 is 43.4. The van der Waals surface area contributed by atoms with Gasteiger partial charge >= 0.3 is 13.5 Å². The molecule has 1 fully saturated rings. The maximum Gasteiger partial charge on any atom is 0.478 e. The zero-order valence-corrected chi connectivity index (χ0v) is 21.8. The molecule has 1 aliphatic heterocycles. The summed E-state index contributed by atoms with van der Waals surface area (Å²) >= 11 is 0. The number of likely N-dealkylation sites (N-methyl/N-ethyl adjacent to an activating group) is 1. The molecule has 5 unspecified atom stereocenters. The number of nitrogens with two attached hydrogens (primary N) is 1. The van der Waals surface area contributed by atoms with E-state index in [4.69, 9.17) is 10.5 Å². The van der Waals surface area contributed by atoms with Crippen LogP contribution in [0.1, 0.15) is 6.23 Å². The minimum absolute atomic E-state index is 0. The molecule has 1 aromatic rings. The van der Waals surface area contributed by atoms with Gasteiger partial charge in [-0.05, 0) is 6.07 Å². The fourth-order valence-electron chi connectivity index (χ4n) is 2.48. The predicted molar refractivity (Wildman–Crippen MR) is 108 cm³/mol. The summed E-state index contributed by atoms with van der Waals surface area (Å²) in [5.41, 5.74) is 4.52. The van der Waals surface area contributed by atoms with Crippen LogP contribution in [-0.4, -0.2) is 118 Å². The van der Waals surface area contributed by atoms with Gasteiger partial charge in [0.2, 0.25) is 0 Å². The van der Waals surface area contributed by atoms with Gasteiger partial charge in [0, 0.05) is 35.8 Å². The van der Waals surface area contributed by atoms with Gasteiger partial charge in [0.25, 0.3) is 7.82 Å². The quantitative estimate of drug-likeness (QED) is 0.144. The summed E-state index contributed by atoms with van der Waals surface area (Å²) in [5.74, 6) is -0.0711. The molecule has 15 nitrogen and oxygen atoms in total. The van der Waals surface area contributed by atoms with Crippen LogP contribution >= 0.6 is 15.6 Å². The van der Waals surface area contributed by atoms with Crippen molar-refractivity contribution in [2.75, 3.05) is 46.6 Å². The van der Waals surface area contributed by atoms with Crippen LogP contribution < -0.4 is 16.3 Å². The molecule has 18 heteroatoms. The van der Waals surface area contributed by atoms with E-state index in [1.807, 2.05) is 0 Å². The molecule has 1 radical (unpaired) electrons. The number of aromatic nitrogens is 2. The fraction of sp³-hybridized carbons (Fsp3) is 0.714. The maximum absolute atomic E-state index is 12.0. The fourth-order valence-corrected chi connectivity index (χ4v) is 4.51. The number of ether oxygens (including phenoxy) is 1. The molecule has 0 aliphatic carbocycles. The molecular weight excluding hydrogens is 485 g/mol. The number of quaternary nitrogens is 1. The Balaban J connectivity index is 0.00000512. The number of nitrogen functional groups attached to an aromatic ring is 1. The number of phosphoric ester groups is 2. The van der Waals surface area contributed by atoms with Crippen LogP contribution in [0.2, 0.25) is 0 Å². The topological polar surface area (TPSA) is 216 Å². The SMILES string of the molecule is C[N+](C)(C)CCOP(=O)([O-])OP(=O)(O)OCC1O[C@@H](n2ccc(N)nc2=O)C(O)C1O.[Na]. The van der Waals surface area contributed by atoms with E-state index in [1.165, 1.54) is 12.3 Å². The third kappa shape index (κ3) is 8.85. The first-order valence-corrected chi connectivity index (χ1v) is 11.9. The Hall–Kier alpha value is -0.220. The van der Waals surface area contributed by atoms with Crippen molar-refractivity contribution in [2.24, 2.45) is 0 Å². The third-order valence-electron chi connectivity index (χ3n) is 4.08. The number of aliphatic hydroxyl groups is 2. The summed E-state index contributed by atoms with van der Waals surface area (Å²) in [4.78, 5) is 36.7. The van der Waals surface area contributed by atoms with Gasteiger partial charge < -0.3 is 39.5 Å². The van der Waals surface area contributed by atoms with Gasteiger partial charge in [0.05, 0.1) is 27.7 Å². The zero-order valence-electron chi connectivity index (χ0n) is 18.0. The number of phosphoric acid groups is 2. The van der Waals surface area contributed by atoms with Crippen LogP contribution in [0.4, 0.5) is 5.82 Å². The molecule has 0 spiro atoms. The summed E-state index contributed by atoms with van der Waals surface area (Å²) in [7, 11) is -5.01. The van der Waals surface area contributed by atoms with Crippen LogP contribution in [0.15, 0.2) is 17.1 Å². The maximum atomic E-state index is 12.0. The Morgan fingerprint density at radius 2 is 1.91 bits per heavy atom. The van der Waals surface area contributed by atoms with E-state index in [0.717, 1.165) is 4.57 Å². The minimum Gasteiger partial charge on any atom is -0.756 e. The van der Waals surface area contributed by atoms with Crippen molar-refractivity contribution in [1.82, 2.24) is 9.55 Å². The Kier molecular flexibility index (Phi) is 10.7. The number of aliphatic hydroxyl groups excluding tert-OH is 2. The first-order chi connectivity index (χ1) is 14.1. The van der Waals surface area contributed by atoms with Crippen molar-refractivity contribution in [2.45, 2.75) is 24.5 Å². The molecule has 2 heterocycles. The van der Waals surface area contributed by atoms with Crippen molar-refractivity contribution in [3.05, 3.63) is 22.7 Å². The number of rotatable bonds is 10. The molecule has 1 aliphatic rings. The van der Waals surface area contributed by atoms with Crippen LogP contribution in [0.3, 0.4) is 0 Å². The van der Waals surface area contributed by atoms with E-state index >= 15 is 0 Å². The van der Waals surface area contributed by atoms with E-state index in [0.29, 0.717) is 4.48 Å². The second-order valence-corrected chi connectivity index (χ2v) is 10.7. The van der Waals surface area contributed by atoms with Crippen molar-refractivity contribution in [3.63, 3.8) is 0 Å². The van der Waals surface area contributed by atoms with Gasteiger partial charge in [-0.2, -0.15) is 4.98 Å². The molecular formula is C14H26N4NaO11P2. The first-order valence-electron chi connectivity index (χ1n) is 8.91. The smallest absolute Gasteiger partial charge is 0.478 e. The second kappa shape index (κ2) is 11.5. The third-order valence-corrected chi connectivity index (χ3v) is 6.68. The molecule has 0 aromatic carbocycles. The van der Waals surface area contributed by atoms with E-state index in [-0.39, 0.29) is 48.5 Å². The number of nitrogens with zero attached hydrogens (tertiary/aromatic N) is 3. The summed E-state index contributed by atoms with van der Waals surface area (Å²) in [6, 6.07) is 1.26. The Morgan fingerprint density at radius 3 is 2.47 bits per heavy atom. The Bertz CT molecular complexity index is 927. The molecule has 5 N–H and O–H groups in total. The van der Waals surface area contributed by atoms with E-state index in [1.54, 1.807) is 21.1 Å². The standard InChI is InChI=1S/C14H26N4O11P2.Na/c1-18(2,3)6-7-26-30(22,23)29-31(24,25)27-8-9-11(19)12(20)13(28-9)17-5-4-10(15)16-14(17)21;/h4-5,9,11-13,19-20H,6-8H2,1-3H3,(H3-,15,16,21,22,23,24,25);/t9?,11?,12?,13-;/m1./s1. The monoisotopic (exact) mass is 511 g/mol. The van der Waals surface area contributed by atoms with Gasteiger partial charge in [-0.15, -0.1) is 0 Å². The van der Waals surface area contributed by atoms with Gasteiger partial charge in [-0.3, -0.25) is 13.7 Å². The van der Waals surface area contributed by atoms with Gasteiger partial charge in [-0.25, -0.2) is 13.7 Å². The molecule has 6 atom stereocenters. The van der Waals surface area contributed by atoms with Crippen LogP contribution in [0.5, 0.6) is 0 Å². The van der Waals surface area contributed by atoms with E-state index in [2.05, 4.69) is 18.3 Å². The molecule has 1 saturated heterocycles. The average Bonchev–Trinajstić information content (AvgIpc) is 2.86. The summed E-state index contributed by atoms with van der Waals surface area (Å²) in [6.45, 7) is -0.877. The number of hydrogen-bond donors (Lipinski definition) is 4. The van der Waals surface area contributed by atoms with Gasteiger partial charge in [0.1, 0.15) is 37.3 Å². The largest absolute Gasteiger partial charge is 0.756 e. The first kappa shape index (κ1) is 29.8. The normalized spacial score (nSPS) is 27.3. The van der Waals surface area contributed by atoms with Crippen molar-refractivity contribution < 1.29 is 51.7 Å². The van der Waals surface area contributed by atoms with Gasteiger partial charge in [-0.1, -0.05) is 0 Å². The van der Waals surface area contributed by atoms with E-state index in [9.17, 15) is 33.9 Å². The molecule has 32 heavy (non-hydrogen) atoms. The van der Waals surface area contributed by atoms with Crippen LogP contribution in [-0.2, 0) is 27.2 Å². The molecule has 2 rings (SSSR count). The average molecular weight is 511 g/mol. The van der Waals surface area contributed by atoms with E-state index < -0.39 is 52.5 Å². The number of anilines is 1. The van der Waals surface area contributed by atoms with Crippen molar-refractivity contribution >= 4 is 51.0 Å². The van der Waals surface area contributed by atoms with Crippen molar-refractivity contribution in [3.8, 4) is 0 Å². The molecule has 179 valence electrons. The van der Waals surface area contributed by atoms with Crippen LogP contribution in [0, 0.1) is 0 Å². The molecule has 0 amide bonds. The van der Waals surface area contributed by atoms with Gasteiger partial charge in [0.15, 0.2) is 6.23 Å².